The summed E-state index contributed by atoms with van der Waals surface area (Å²) < 4.78 is 26.5. The summed E-state index contributed by atoms with van der Waals surface area (Å²) >= 11 is 0. The van der Waals surface area contributed by atoms with E-state index in [0.717, 1.165) is 25.0 Å². The lowest BCUT2D eigenvalue weighted by Gasteiger charge is -2.41. The Labute approximate surface area is 174 Å². The van der Waals surface area contributed by atoms with Gasteiger partial charge < -0.3 is 15.5 Å². The zero-order chi connectivity index (χ0) is 22.4. The number of halogens is 2. The van der Waals surface area contributed by atoms with Gasteiger partial charge in [0.2, 0.25) is 0 Å². The van der Waals surface area contributed by atoms with Crippen molar-refractivity contribution in [1.82, 2.24) is 5.32 Å². The van der Waals surface area contributed by atoms with E-state index >= 15 is 0 Å². The van der Waals surface area contributed by atoms with Crippen LogP contribution in [0.5, 0.6) is 0 Å². The quantitative estimate of drug-likeness (QED) is 0.385. The molecular formula is C23H27F2NO4. The van der Waals surface area contributed by atoms with Gasteiger partial charge in [0.05, 0.1) is 0 Å². The zero-order valence-corrected chi connectivity index (χ0v) is 17.1. The number of carbonyl (C=O) groups excluding carboxylic acids is 2. The Morgan fingerprint density at radius 3 is 2.10 bits per heavy atom. The van der Waals surface area contributed by atoms with E-state index in [2.05, 4.69) is 5.32 Å². The van der Waals surface area contributed by atoms with Crippen LogP contribution in [0.2, 0.25) is 0 Å². The number of aliphatic hydroxyl groups excluding tert-OH is 1. The second kappa shape index (κ2) is 10.0. The first-order chi connectivity index (χ1) is 14.1. The van der Waals surface area contributed by atoms with Crippen molar-refractivity contribution in [1.29, 1.82) is 0 Å². The van der Waals surface area contributed by atoms with Crippen molar-refractivity contribution in [2.24, 2.45) is 0 Å². The monoisotopic (exact) mass is 419 g/mol. The van der Waals surface area contributed by atoms with E-state index in [-0.39, 0.29) is 25.2 Å². The van der Waals surface area contributed by atoms with E-state index in [9.17, 15) is 23.5 Å². The Balaban J connectivity index is 1.95. The first-order valence-electron chi connectivity index (χ1n) is 9.72. The molecule has 0 fully saturated rings. The number of Topliss-reactive ketones (excluding diaryl/α,β-unsaturated/α-hetero) is 2. The van der Waals surface area contributed by atoms with E-state index in [1.807, 2.05) is 42.5 Å². The molecule has 2 rings (SSSR count). The maximum absolute atomic E-state index is 13.2. The standard InChI is InChI=1S/C23H27F2NO4/c1-22(20(29)15-27,23(2,30)21(24)25)26-14-6-9-19(28)18-12-10-17(11-13-18)16-7-4-3-5-8-16/h3-5,7-8,10-13,21,26-27,30H,6,9,14-15H2,1-2H3. The highest BCUT2D eigenvalue weighted by Gasteiger charge is 2.54. The van der Waals surface area contributed by atoms with E-state index < -0.39 is 30.0 Å². The van der Waals surface area contributed by atoms with Crippen LogP contribution in [0.1, 0.15) is 37.0 Å². The van der Waals surface area contributed by atoms with Crippen molar-refractivity contribution in [3.63, 3.8) is 0 Å². The van der Waals surface area contributed by atoms with Crippen molar-refractivity contribution < 1.29 is 28.6 Å². The minimum Gasteiger partial charge on any atom is -0.389 e. The Bertz CT molecular complexity index is 853. The summed E-state index contributed by atoms with van der Waals surface area (Å²) in [7, 11) is 0. The van der Waals surface area contributed by atoms with Crippen LogP contribution < -0.4 is 5.32 Å². The molecule has 0 heterocycles. The molecular weight excluding hydrogens is 392 g/mol. The summed E-state index contributed by atoms with van der Waals surface area (Å²) in [6.45, 7) is 1.03. The van der Waals surface area contributed by atoms with E-state index in [1.165, 1.54) is 0 Å². The number of rotatable bonds is 11. The lowest BCUT2D eigenvalue weighted by Crippen LogP contribution is -2.68. The van der Waals surface area contributed by atoms with E-state index in [0.29, 0.717) is 5.56 Å². The SMILES string of the molecule is CC(NCCCC(=O)c1ccc(-c2ccccc2)cc1)(C(=O)CO)C(C)(O)C(F)F. The molecule has 162 valence electrons. The van der Waals surface area contributed by atoms with Gasteiger partial charge in [-0.05, 0) is 37.9 Å². The first kappa shape index (κ1) is 23.8. The van der Waals surface area contributed by atoms with Crippen LogP contribution in [-0.2, 0) is 4.79 Å². The zero-order valence-electron chi connectivity index (χ0n) is 17.1. The van der Waals surface area contributed by atoms with Gasteiger partial charge in [-0.2, -0.15) is 0 Å². The van der Waals surface area contributed by atoms with E-state index in [4.69, 9.17) is 5.11 Å². The number of benzene rings is 2. The highest BCUT2D eigenvalue weighted by Crippen LogP contribution is 2.29. The fraction of sp³-hybridized carbons (Fsp3) is 0.391. The predicted molar refractivity (Wildman–Crippen MR) is 111 cm³/mol. The molecule has 2 aromatic rings. The third-order valence-electron chi connectivity index (χ3n) is 5.51. The van der Waals surface area contributed by atoms with Crippen LogP contribution in [-0.4, -0.2) is 52.5 Å². The number of carbonyl (C=O) groups is 2. The fourth-order valence-corrected chi connectivity index (χ4v) is 3.15. The summed E-state index contributed by atoms with van der Waals surface area (Å²) in [5.41, 5.74) is -2.16. The van der Waals surface area contributed by atoms with Crippen LogP contribution in [0.15, 0.2) is 54.6 Å². The smallest absolute Gasteiger partial charge is 0.268 e. The summed E-state index contributed by atoms with van der Waals surface area (Å²) in [5.74, 6) is -1.07. The number of alkyl halides is 2. The van der Waals surface area contributed by atoms with Crippen molar-refractivity contribution in [3.8, 4) is 11.1 Å². The molecule has 7 heteroatoms. The average Bonchev–Trinajstić information content (AvgIpc) is 2.76. The summed E-state index contributed by atoms with van der Waals surface area (Å²) in [5, 5.41) is 21.8. The third kappa shape index (κ3) is 5.16. The van der Waals surface area contributed by atoms with E-state index in [1.54, 1.807) is 12.1 Å². The minimum atomic E-state index is -3.20. The van der Waals surface area contributed by atoms with Gasteiger partial charge in [-0.1, -0.05) is 54.6 Å². The molecule has 0 amide bonds. The Morgan fingerprint density at radius 1 is 1.00 bits per heavy atom. The molecule has 0 spiro atoms. The van der Waals surface area contributed by atoms with Crippen LogP contribution in [0.3, 0.4) is 0 Å². The van der Waals surface area contributed by atoms with Gasteiger partial charge in [-0.15, -0.1) is 0 Å². The highest BCUT2D eigenvalue weighted by atomic mass is 19.3. The molecule has 5 nitrogen and oxygen atoms in total. The minimum absolute atomic E-state index is 0.0406. The maximum atomic E-state index is 13.2. The number of nitrogens with one attached hydrogen (secondary N) is 1. The number of ketones is 2. The average molecular weight is 419 g/mol. The number of aliphatic hydroxyl groups is 2. The molecule has 3 N–H and O–H groups in total. The number of hydrogen-bond acceptors (Lipinski definition) is 5. The number of hydrogen-bond donors (Lipinski definition) is 3. The van der Waals surface area contributed by atoms with Gasteiger partial charge >= 0.3 is 0 Å². The second-order valence-electron chi connectivity index (χ2n) is 7.55. The fourth-order valence-electron chi connectivity index (χ4n) is 3.15. The molecule has 0 bridgehead atoms. The van der Waals surface area contributed by atoms with Crippen molar-refractivity contribution in [3.05, 3.63) is 60.2 Å². The van der Waals surface area contributed by atoms with Gasteiger partial charge in [0.25, 0.3) is 6.43 Å². The third-order valence-corrected chi connectivity index (χ3v) is 5.51. The van der Waals surface area contributed by atoms with Crippen LogP contribution in [0, 0.1) is 0 Å². The topological polar surface area (TPSA) is 86.6 Å². The van der Waals surface area contributed by atoms with Gasteiger partial charge in [-0.3, -0.25) is 9.59 Å². The van der Waals surface area contributed by atoms with Gasteiger partial charge in [-0.25, -0.2) is 8.78 Å². The maximum Gasteiger partial charge on any atom is 0.268 e. The predicted octanol–water partition coefficient (Wildman–Crippen LogP) is 3.24. The summed E-state index contributed by atoms with van der Waals surface area (Å²) in [6.07, 6.45) is -2.79. The molecule has 30 heavy (non-hydrogen) atoms. The van der Waals surface area contributed by atoms with Gasteiger partial charge in [0, 0.05) is 12.0 Å². The summed E-state index contributed by atoms with van der Waals surface area (Å²) in [4.78, 5) is 24.4. The lowest BCUT2D eigenvalue weighted by molar-refractivity contribution is -0.160. The first-order valence-corrected chi connectivity index (χ1v) is 9.72. The molecule has 0 aliphatic rings. The molecule has 0 saturated heterocycles. The van der Waals surface area contributed by atoms with Crippen molar-refractivity contribution >= 4 is 11.6 Å². The Kier molecular flexibility index (Phi) is 7.95. The van der Waals surface area contributed by atoms with Crippen LogP contribution in [0.25, 0.3) is 11.1 Å². The lowest BCUT2D eigenvalue weighted by atomic mass is 9.79. The largest absolute Gasteiger partial charge is 0.389 e. The Hall–Kier alpha value is -2.48. The molecule has 0 radical (unpaired) electrons. The highest BCUT2D eigenvalue weighted by molar-refractivity contribution is 5.96. The molecule has 2 unspecified atom stereocenters. The second-order valence-corrected chi connectivity index (χ2v) is 7.55. The molecule has 2 aromatic carbocycles. The van der Waals surface area contributed by atoms with Crippen molar-refractivity contribution in [2.75, 3.05) is 13.2 Å². The van der Waals surface area contributed by atoms with Crippen LogP contribution in [0.4, 0.5) is 8.78 Å². The Morgan fingerprint density at radius 2 is 1.57 bits per heavy atom. The molecule has 0 aromatic heterocycles. The normalized spacial score (nSPS) is 15.4. The van der Waals surface area contributed by atoms with Gasteiger partial charge in [0.15, 0.2) is 11.6 Å². The van der Waals surface area contributed by atoms with Gasteiger partial charge in [0.1, 0.15) is 17.7 Å². The van der Waals surface area contributed by atoms with Crippen LogP contribution >= 0.6 is 0 Å². The molecule has 2 atom stereocenters. The summed E-state index contributed by atoms with van der Waals surface area (Å²) in [6, 6.07) is 16.9. The molecule has 0 aliphatic carbocycles. The van der Waals surface area contributed by atoms with Crippen molar-refractivity contribution in [2.45, 2.75) is 44.3 Å². The molecule has 0 aliphatic heterocycles. The molecule has 0 saturated carbocycles.